The molecule has 1 heterocycles. The first-order valence-electron chi connectivity index (χ1n) is 5.58. The number of nitrogens with zero attached hydrogens (tertiary/aromatic N) is 1. The van der Waals surface area contributed by atoms with E-state index in [9.17, 15) is 0 Å². The number of hydrogen-bond donors (Lipinski definition) is 0. The molecular formula is C16H15N. The first-order chi connectivity index (χ1) is 8.26. The third kappa shape index (κ3) is 2.18. The Morgan fingerprint density at radius 1 is 1.06 bits per heavy atom. The van der Waals surface area contributed by atoms with E-state index < -0.39 is 0 Å². The molecule has 2 aromatic rings. The third-order valence-corrected chi connectivity index (χ3v) is 2.70. The van der Waals surface area contributed by atoms with Crippen molar-refractivity contribution in [3.8, 4) is 11.1 Å². The molecule has 0 atom stereocenters. The lowest BCUT2D eigenvalue weighted by molar-refractivity contribution is 1.18. The van der Waals surface area contributed by atoms with E-state index in [0.717, 1.165) is 22.5 Å². The Labute approximate surface area is 102 Å². The summed E-state index contributed by atoms with van der Waals surface area (Å²) in [5.41, 5.74) is 5.25. The average molecular weight is 221 g/mol. The van der Waals surface area contributed by atoms with Crippen LogP contribution in [0.4, 0.5) is 0 Å². The zero-order chi connectivity index (χ0) is 12.3. The number of benzene rings is 1. The van der Waals surface area contributed by atoms with Crippen LogP contribution >= 0.6 is 0 Å². The van der Waals surface area contributed by atoms with Crippen LogP contribution in [-0.4, -0.2) is 4.98 Å². The van der Waals surface area contributed by atoms with Crippen molar-refractivity contribution < 1.29 is 0 Å². The van der Waals surface area contributed by atoms with Crippen molar-refractivity contribution >= 4 is 12.2 Å². The molecule has 84 valence electrons. The molecule has 0 amide bonds. The van der Waals surface area contributed by atoms with Crippen molar-refractivity contribution in [3.63, 3.8) is 0 Å². The van der Waals surface area contributed by atoms with Gasteiger partial charge in [0.15, 0.2) is 0 Å². The van der Waals surface area contributed by atoms with Gasteiger partial charge in [-0.15, -0.1) is 0 Å². The van der Waals surface area contributed by atoms with Gasteiger partial charge in [0.25, 0.3) is 0 Å². The summed E-state index contributed by atoms with van der Waals surface area (Å²) in [5.74, 6) is 0. The second-order valence-electron chi connectivity index (χ2n) is 3.88. The molecule has 2 rings (SSSR count). The first kappa shape index (κ1) is 11.3. The second kappa shape index (κ2) is 4.79. The monoisotopic (exact) mass is 221 g/mol. The van der Waals surface area contributed by atoms with Crippen LogP contribution in [0.2, 0.25) is 0 Å². The van der Waals surface area contributed by atoms with Crippen LogP contribution in [-0.2, 0) is 0 Å². The van der Waals surface area contributed by atoms with E-state index in [1.807, 2.05) is 31.2 Å². The Kier molecular flexibility index (Phi) is 3.20. The molecule has 0 aliphatic rings. The fourth-order valence-corrected chi connectivity index (χ4v) is 1.93. The number of pyridine rings is 1. The molecular weight excluding hydrogens is 206 g/mol. The van der Waals surface area contributed by atoms with Crippen LogP contribution in [0.15, 0.2) is 49.6 Å². The number of aryl methyl sites for hydroxylation is 1. The quantitative estimate of drug-likeness (QED) is 0.751. The highest BCUT2D eigenvalue weighted by atomic mass is 14.7. The molecule has 0 radical (unpaired) electrons. The predicted molar refractivity (Wildman–Crippen MR) is 74.6 cm³/mol. The Hall–Kier alpha value is -2.15. The zero-order valence-electron chi connectivity index (χ0n) is 9.98. The Bertz CT molecular complexity index is 553. The molecule has 0 unspecified atom stereocenters. The average Bonchev–Trinajstić information content (AvgIpc) is 2.38. The first-order valence-corrected chi connectivity index (χ1v) is 5.58. The topological polar surface area (TPSA) is 12.9 Å². The highest BCUT2D eigenvalue weighted by molar-refractivity contribution is 5.79. The van der Waals surface area contributed by atoms with Gasteiger partial charge in [-0.3, -0.25) is 4.98 Å². The van der Waals surface area contributed by atoms with E-state index in [1.54, 1.807) is 6.08 Å². The maximum atomic E-state index is 4.46. The van der Waals surface area contributed by atoms with Gasteiger partial charge in [0, 0.05) is 11.3 Å². The van der Waals surface area contributed by atoms with Crippen molar-refractivity contribution in [1.29, 1.82) is 0 Å². The molecule has 0 saturated heterocycles. The number of hydrogen-bond acceptors (Lipinski definition) is 1. The van der Waals surface area contributed by atoms with Gasteiger partial charge < -0.3 is 0 Å². The van der Waals surface area contributed by atoms with Crippen molar-refractivity contribution in [2.75, 3.05) is 0 Å². The molecule has 0 aliphatic heterocycles. The lowest BCUT2D eigenvalue weighted by Gasteiger charge is -2.10. The lowest BCUT2D eigenvalue weighted by Crippen LogP contribution is -1.94. The Morgan fingerprint density at radius 3 is 2.35 bits per heavy atom. The lowest BCUT2D eigenvalue weighted by atomic mass is 9.98. The molecule has 1 aromatic carbocycles. The minimum absolute atomic E-state index is 0.888. The van der Waals surface area contributed by atoms with E-state index in [1.165, 1.54) is 5.56 Å². The molecule has 0 N–H and O–H groups in total. The van der Waals surface area contributed by atoms with Crippen LogP contribution in [0.1, 0.15) is 17.0 Å². The molecule has 1 aromatic heterocycles. The summed E-state index contributed by atoms with van der Waals surface area (Å²) in [6.45, 7) is 9.67. The summed E-state index contributed by atoms with van der Waals surface area (Å²) in [7, 11) is 0. The summed E-state index contributed by atoms with van der Waals surface area (Å²) >= 11 is 0. The van der Waals surface area contributed by atoms with E-state index >= 15 is 0 Å². The van der Waals surface area contributed by atoms with E-state index in [-0.39, 0.29) is 0 Å². The van der Waals surface area contributed by atoms with Gasteiger partial charge in [-0.25, -0.2) is 0 Å². The van der Waals surface area contributed by atoms with Gasteiger partial charge in [-0.05, 0) is 30.2 Å². The molecule has 1 nitrogen and oxygen atoms in total. The number of rotatable bonds is 3. The minimum atomic E-state index is 0.888. The minimum Gasteiger partial charge on any atom is -0.253 e. The SMILES string of the molecule is C=Cc1nc(C)cc(-c2ccccc2)c1C=C. The second-order valence-corrected chi connectivity index (χ2v) is 3.88. The molecule has 0 bridgehead atoms. The van der Waals surface area contributed by atoms with Gasteiger partial charge >= 0.3 is 0 Å². The Balaban J connectivity index is 2.72. The van der Waals surface area contributed by atoms with Gasteiger partial charge in [0.2, 0.25) is 0 Å². The summed E-state index contributed by atoms with van der Waals surface area (Å²) in [6, 6.07) is 12.3. The largest absolute Gasteiger partial charge is 0.253 e. The van der Waals surface area contributed by atoms with Gasteiger partial charge in [-0.1, -0.05) is 49.6 Å². The van der Waals surface area contributed by atoms with Crippen LogP contribution < -0.4 is 0 Å². The predicted octanol–water partition coefficient (Wildman–Crippen LogP) is 4.34. The van der Waals surface area contributed by atoms with Crippen molar-refractivity contribution in [2.24, 2.45) is 0 Å². The van der Waals surface area contributed by atoms with Gasteiger partial charge in [0.05, 0.1) is 5.69 Å². The number of aromatic nitrogens is 1. The maximum absolute atomic E-state index is 4.46. The van der Waals surface area contributed by atoms with Crippen molar-refractivity contribution in [1.82, 2.24) is 4.98 Å². The summed E-state index contributed by atoms with van der Waals surface area (Å²) in [6.07, 6.45) is 3.61. The highest BCUT2D eigenvalue weighted by Crippen LogP contribution is 2.27. The van der Waals surface area contributed by atoms with Gasteiger partial charge in [0.1, 0.15) is 0 Å². The highest BCUT2D eigenvalue weighted by Gasteiger charge is 2.08. The molecule has 0 saturated carbocycles. The van der Waals surface area contributed by atoms with Gasteiger partial charge in [-0.2, -0.15) is 0 Å². The third-order valence-electron chi connectivity index (χ3n) is 2.70. The smallest absolute Gasteiger partial charge is 0.0705 e. The fourth-order valence-electron chi connectivity index (χ4n) is 1.93. The summed E-state index contributed by atoms with van der Waals surface area (Å²) in [4.78, 5) is 4.46. The standard InChI is InChI=1S/C16H15N/c1-4-14-15(13-9-7-6-8-10-13)11-12(3)17-16(14)5-2/h4-11H,1-2H2,3H3. The fraction of sp³-hybridized carbons (Fsp3) is 0.0625. The molecule has 0 spiro atoms. The van der Waals surface area contributed by atoms with Crippen LogP contribution in [0, 0.1) is 6.92 Å². The van der Waals surface area contributed by atoms with Crippen molar-refractivity contribution in [2.45, 2.75) is 6.92 Å². The van der Waals surface area contributed by atoms with Crippen LogP contribution in [0.25, 0.3) is 23.3 Å². The maximum Gasteiger partial charge on any atom is 0.0705 e. The molecule has 1 heteroatoms. The molecule has 0 aliphatic carbocycles. The van der Waals surface area contributed by atoms with E-state index in [0.29, 0.717) is 0 Å². The van der Waals surface area contributed by atoms with Crippen LogP contribution in [0.5, 0.6) is 0 Å². The van der Waals surface area contributed by atoms with E-state index in [4.69, 9.17) is 0 Å². The normalized spacial score (nSPS) is 9.94. The zero-order valence-corrected chi connectivity index (χ0v) is 9.98. The molecule has 0 fully saturated rings. The van der Waals surface area contributed by atoms with E-state index in [2.05, 4.69) is 36.3 Å². The molecule has 17 heavy (non-hydrogen) atoms. The summed E-state index contributed by atoms with van der Waals surface area (Å²) in [5, 5.41) is 0. The van der Waals surface area contributed by atoms with Crippen LogP contribution in [0.3, 0.4) is 0 Å². The van der Waals surface area contributed by atoms with Crippen molar-refractivity contribution in [3.05, 3.63) is 66.5 Å². The Morgan fingerprint density at radius 2 is 1.76 bits per heavy atom. The summed E-state index contributed by atoms with van der Waals surface area (Å²) < 4.78 is 0.